The van der Waals surface area contributed by atoms with Crippen LogP contribution in [-0.4, -0.2) is 39.1 Å². The van der Waals surface area contributed by atoms with E-state index in [1.54, 1.807) is 45.8 Å². The summed E-state index contributed by atoms with van der Waals surface area (Å²) in [7, 11) is 0. The molecule has 0 bridgehead atoms. The summed E-state index contributed by atoms with van der Waals surface area (Å²) >= 11 is 0. The zero-order valence-electron chi connectivity index (χ0n) is 21.7. The summed E-state index contributed by atoms with van der Waals surface area (Å²) in [5.74, 6) is -0.351. The lowest BCUT2D eigenvalue weighted by molar-refractivity contribution is -0.137. The third-order valence-corrected chi connectivity index (χ3v) is 6.96. The van der Waals surface area contributed by atoms with E-state index in [1.165, 1.54) is 30.6 Å². The molecule has 0 atom stereocenters. The first-order valence-electron chi connectivity index (χ1n) is 12.9. The van der Waals surface area contributed by atoms with Gasteiger partial charge in [-0.2, -0.15) is 13.2 Å². The lowest BCUT2D eigenvalue weighted by atomic mass is 9.96. The molecule has 4 heterocycles. The topological polar surface area (TPSA) is 79.2 Å². The Morgan fingerprint density at radius 2 is 1.60 bits per heavy atom. The molecule has 0 unspecified atom stereocenters. The molecule has 0 N–H and O–H groups in total. The molecule has 2 aliphatic heterocycles. The van der Waals surface area contributed by atoms with Gasteiger partial charge in [0.25, 0.3) is 0 Å². The zero-order valence-corrected chi connectivity index (χ0v) is 21.7. The average molecular weight is 569 g/mol. The highest BCUT2D eigenvalue weighted by Crippen LogP contribution is 2.42. The lowest BCUT2D eigenvalue weighted by Gasteiger charge is -2.20. The standard InChI is InChI=1S/C30H20F4N8/c31-22-8-2-1-6-20(22)29-21(30(32,33)34)7-5-11-27(29)42-26-10-4-3-9-24(26)37-28(42)17-41-15-19(38-39-41)14-40-13-12-23-25(16-40)36-18-35-23/h1-13,15-16,18H,14,17H2. The van der Waals surface area contributed by atoms with E-state index in [1.807, 2.05) is 23.0 Å². The highest BCUT2D eigenvalue weighted by atomic mass is 19.4. The van der Waals surface area contributed by atoms with E-state index in [4.69, 9.17) is 4.98 Å². The molecule has 0 radical (unpaired) electrons. The van der Waals surface area contributed by atoms with E-state index in [2.05, 4.69) is 20.3 Å². The van der Waals surface area contributed by atoms with Crippen molar-refractivity contribution in [2.45, 2.75) is 19.3 Å². The van der Waals surface area contributed by atoms with Crippen LogP contribution in [0.25, 0.3) is 39.2 Å². The third-order valence-electron chi connectivity index (χ3n) is 6.96. The number of aromatic nitrogens is 8. The molecule has 0 spiro atoms. The number of imidazole rings is 2. The number of para-hydroxylation sites is 2. The van der Waals surface area contributed by atoms with E-state index in [0.29, 0.717) is 29.1 Å². The van der Waals surface area contributed by atoms with Crippen molar-refractivity contribution in [1.82, 2.24) is 39.1 Å². The first kappa shape index (κ1) is 25.6. The molecule has 2 aromatic heterocycles. The van der Waals surface area contributed by atoms with Gasteiger partial charge in [-0.15, -0.1) is 5.10 Å². The van der Waals surface area contributed by atoms with Gasteiger partial charge in [0, 0.05) is 23.5 Å². The summed E-state index contributed by atoms with van der Waals surface area (Å²) in [5, 5.41) is 8.52. The van der Waals surface area contributed by atoms with Gasteiger partial charge in [-0.25, -0.2) is 24.0 Å². The van der Waals surface area contributed by atoms with Crippen molar-refractivity contribution in [3.05, 3.63) is 121 Å². The minimum absolute atomic E-state index is 0.104. The molecule has 0 saturated carbocycles. The Hall–Kier alpha value is -5.39. The Labute approximate surface area is 235 Å². The fourth-order valence-electron chi connectivity index (χ4n) is 5.16. The van der Waals surface area contributed by atoms with Crippen LogP contribution in [0.15, 0.2) is 97.7 Å². The predicted octanol–water partition coefficient (Wildman–Crippen LogP) is 6.23. The summed E-state index contributed by atoms with van der Waals surface area (Å²) < 4.78 is 63.1. The van der Waals surface area contributed by atoms with Gasteiger partial charge in [0.05, 0.1) is 40.7 Å². The molecule has 0 amide bonds. The average Bonchev–Trinajstić information content (AvgIpc) is 3.71. The fraction of sp³-hybridized carbons (Fsp3) is 0.100. The number of hydrogen-bond acceptors (Lipinski definition) is 5. The van der Waals surface area contributed by atoms with E-state index in [-0.39, 0.29) is 23.4 Å². The van der Waals surface area contributed by atoms with Crippen molar-refractivity contribution in [2.75, 3.05) is 0 Å². The number of halogens is 4. The molecule has 0 fully saturated rings. The lowest BCUT2D eigenvalue weighted by Crippen LogP contribution is -2.13. The minimum Gasteiger partial charge on any atom is -0.346 e. The Morgan fingerprint density at radius 1 is 0.786 bits per heavy atom. The number of pyridine rings is 1. The quantitative estimate of drug-likeness (QED) is 0.222. The van der Waals surface area contributed by atoms with Gasteiger partial charge in [-0.05, 0) is 36.4 Å². The summed E-state index contributed by atoms with van der Waals surface area (Å²) in [5.41, 5.74) is 2.13. The number of benzene rings is 3. The molecule has 7 rings (SSSR count). The molecule has 208 valence electrons. The van der Waals surface area contributed by atoms with Gasteiger partial charge in [0.2, 0.25) is 0 Å². The first-order valence-corrected chi connectivity index (χ1v) is 12.9. The fourth-order valence-corrected chi connectivity index (χ4v) is 5.16. The third kappa shape index (κ3) is 4.56. The second-order valence-corrected chi connectivity index (χ2v) is 9.70. The Balaban J connectivity index is 1.33. The van der Waals surface area contributed by atoms with Crippen LogP contribution in [-0.2, 0) is 19.3 Å². The van der Waals surface area contributed by atoms with Crippen LogP contribution in [0.4, 0.5) is 17.6 Å². The molecule has 2 aliphatic rings. The molecule has 8 nitrogen and oxygen atoms in total. The second kappa shape index (κ2) is 9.91. The largest absolute Gasteiger partial charge is 0.417 e. The minimum atomic E-state index is -4.72. The molecule has 3 aromatic carbocycles. The maximum atomic E-state index is 15.1. The predicted molar refractivity (Wildman–Crippen MR) is 146 cm³/mol. The summed E-state index contributed by atoms with van der Waals surface area (Å²) in [6, 6.07) is 18.3. The van der Waals surface area contributed by atoms with Gasteiger partial charge < -0.3 is 4.57 Å². The number of fused-ring (bicyclic) bond motifs is 2. The van der Waals surface area contributed by atoms with Crippen molar-refractivity contribution >= 4 is 11.0 Å². The molecule has 5 aromatic rings. The van der Waals surface area contributed by atoms with Gasteiger partial charge in [-0.1, -0.05) is 41.6 Å². The van der Waals surface area contributed by atoms with E-state index in [0.717, 1.165) is 23.5 Å². The zero-order chi connectivity index (χ0) is 28.8. The molecule has 0 saturated heterocycles. The van der Waals surface area contributed by atoms with Crippen molar-refractivity contribution < 1.29 is 17.6 Å². The molecular weight excluding hydrogens is 548 g/mol. The van der Waals surface area contributed by atoms with E-state index < -0.39 is 17.6 Å². The second-order valence-electron chi connectivity index (χ2n) is 9.70. The molecule has 42 heavy (non-hydrogen) atoms. The highest BCUT2D eigenvalue weighted by Gasteiger charge is 2.36. The van der Waals surface area contributed by atoms with Crippen molar-refractivity contribution in [1.29, 1.82) is 0 Å². The van der Waals surface area contributed by atoms with E-state index in [9.17, 15) is 13.2 Å². The van der Waals surface area contributed by atoms with Gasteiger partial charge in [0.1, 0.15) is 35.9 Å². The van der Waals surface area contributed by atoms with Crippen LogP contribution in [0.3, 0.4) is 0 Å². The monoisotopic (exact) mass is 568 g/mol. The summed E-state index contributed by atoms with van der Waals surface area (Å²) in [6.45, 7) is 0.525. The molecule has 12 heteroatoms. The molecule has 0 aliphatic carbocycles. The van der Waals surface area contributed by atoms with Crippen LogP contribution >= 0.6 is 0 Å². The molecular formula is C30H20F4N8. The van der Waals surface area contributed by atoms with Crippen LogP contribution in [0.1, 0.15) is 17.1 Å². The number of nitrogens with zero attached hydrogens (tertiary/aromatic N) is 8. The smallest absolute Gasteiger partial charge is 0.346 e. The number of alkyl halides is 3. The Bertz CT molecular complexity index is 2020. The van der Waals surface area contributed by atoms with Crippen LogP contribution in [0.5, 0.6) is 0 Å². The van der Waals surface area contributed by atoms with E-state index >= 15 is 4.39 Å². The van der Waals surface area contributed by atoms with Crippen LogP contribution in [0, 0.1) is 5.82 Å². The normalized spacial score (nSPS) is 12.0. The Morgan fingerprint density at radius 3 is 2.45 bits per heavy atom. The highest BCUT2D eigenvalue weighted by molar-refractivity contribution is 5.84. The first-order chi connectivity index (χ1) is 20.3. The Kier molecular flexibility index (Phi) is 6.03. The van der Waals surface area contributed by atoms with Crippen LogP contribution < -0.4 is 0 Å². The van der Waals surface area contributed by atoms with Crippen molar-refractivity contribution in [2.24, 2.45) is 0 Å². The van der Waals surface area contributed by atoms with Gasteiger partial charge in [-0.3, -0.25) is 4.57 Å². The van der Waals surface area contributed by atoms with Gasteiger partial charge in [0.15, 0.2) is 0 Å². The van der Waals surface area contributed by atoms with Crippen molar-refractivity contribution in [3.8, 4) is 28.2 Å². The van der Waals surface area contributed by atoms with Crippen LogP contribution in [0.2, 0.25) is 0 Å². The maximum absolute atomic E-state index is 15.1. The summed E-state index contributed by atoms with van der Waals surface area (Å²) in [4.78, 5) is 13.1. The summed E-state index contributed by atoms with van der Waals surface area (Å²) in [6.07, 6.45) is 2.26. The van der Waals surface area contributed by atoms with Crippen molar-refractivity contribution in [3.63, 3.8) is 0 Å². The number of rotatable bonds is 6. The number of hydrogen-bond donors (Lipinski definition) is 0. The SMILES string of the molecule is Fc1ccccc1-c1c(-n2c(Cn3cc(Cn4ccc5ncnc-5c4)nn3)nc3ccccc32)cccc1C(F)(F)F. The maximum Gasteiger partial charge on any atom is 0.417 e. The van der Waals surface area contributed by atoms with Gasteiger partial charge >= 0.3 is 6.18 Å².